The van der Waals surface area contributed by atoms with Crippen molar-refractivity contribution in [2.24, 2.45) is 11.1 Å². The van der Waals surface area contributed by atoms with Crippen LogP contribution in [0.3, 0.4) is 0 Å². The van der Waals surface area contributed by atoms with Crippen LogP contribution in [0.5, 0.6) is 0 Å². The minimum atomic E-state index is -0.543. The molecule has 0 aliphatic carbocycles. The Morgan fingerprint density at radius 2 is 2.43 bits per heavy atom. The van der Waals surface area contributed by atoms with E-state index in [1.165, 1.54) is 0 Å². The van der Waals surface area contributed by atoms with E-state index < -0.39 is 5.41 Å². The number of fused-ring (bicyclic) bond motifs is 2. The van der Waals surface area contributed by atoms with Crippen LogP contribution in [0.25, 0.3) is 0 Å². The highest BCUT2D eigenvalue weighted by molar-refractivity contribution is 5.78. The number of hydrogen-bond donors (Lipinski definition) is 1. The van der Waals surface area contributed by atoms with Crippen LogP contribution in [0.1, 0.15) is 26.2 Å². The molecule has 4 heteroatoms. The lowest BCUT2D eigenvalue weighted by Crippen LogP contribution is -2.47. The smallest absolute Gasteiger partial charge is 0.316 e. The number of carbonyl (C=O) groups is 1. The minimum absolute atomic E-state index is 0.00319. The Morgan fingerprint density at radius 1 is 1.64 bits per heavy atom. The second-order valence-electron chi connectivity index (χ2n) is 4.11. The van der Waals surface area contributed by atoms with Crippen molar-refractivity contribution < 1.29 is 14.3 Å². The minimum Gasteiger partial charge on any atom is -0.465 e. The number of ether oxygens (including phenoxy) is 2. The molecule has 2 bridgehead atoms. The zero-order valence-corrected chi connectivity index (χ0v) is 8.49. The van der Waals surface area contributed by atoms with Gasteiger partial charge in [0.2, 0.25) is 0 Å². The van der Waals surface area contributed by atoms with E-state index in [2.05, 4.69) is 0 Å². The lowest BCUT2D eigenvalue weighted by atomic mass is 9.74. The summed E-state index contributed by atoms with van der Waals surface area (Å²) in [5.41, 5.74) is 5.16. The third kappa shape index (κ3) is 1.25. The Bertz CT molecular complexity index is 244. The van der Waals surface area contributed by atoms with Gasteiger partial charge < -0.3 is 15.2 Å². The first-order valence-electron chi connectivity index (χ1n) is 5.25. The molecule has 0 unspecified atom stereocenters. The number of nitrogens with two attached hydrogens (primary N) is 1. The predicted octanol–water partition coefficient (Wildman–Crippen LogP) is 0.446. The molecular formula is C10H17NO3. The average Bonchev–Trinajstić information content (AvgIpc) is 2.77. The Kier molecular flexibility index (Phi) is 2.49. The molecule has 2 rings (SSSR count). The maximum Gasteiger partial charge on any atom is 0.316 e. The summed E-state index contributed by atoms with van der Waals surface area (Å²) in [5, 5.41) is 0. The fourth-order valence-electron chi connectivity index (χ4n) is 2.59. The molecule has 4 nitrogen and oxygen atoms in total. The first kappa shape index (κ1) is 9.93. The van der Waals surface area contributed by atoms with Gasteiger partial charge in [0.05, 0.1) is 18.8 Å². The Hall–Kier alpha value is -0.610. The normalized spacial score (nSPS) is 40.1. The Labute approximate surface area is 83.7 Å². The zero-order valence-electron chi connectivity index (χ0n) is 8.49. The van der Waals surface area contributed by atoms with Gasteiger partial charge in [0.15, 0.2) is 0 Å². The highest BCUT2D eigenvalue weighted by Crippen LogP contribution is 2.47. The molecule has 2 aliphatic rings. The summed E-state index contributed by atoms with van der Waals surface area (Å²) >= 11 is 0. The van der Waals surface area contributed by atoms with Gasteiger partial charge in [-0.3, -0.25) is 4.79 Å². The molecule has 14 heavy (non-hydrogen) atoms. The van der Waals surface area contributed by atoms with E-state index in [0.717, 1.165) is 19.3 Å². The molecule has 0 aromatic carbocycles. The van der Waals surface area contributed by atoms with Crippen LogP contribution in [0.15, 0.2) is 0 Å². The zero-order chi connectivity index (χ0) is 10.2. The second-order valence-corrected chi connectivity index (χ2v) is 4.11. The van der Waals surface area contributed by atoms with Crippen molar-refractivity contribution in [2.45, 2.75) is 38.4 Å². The van der Waals surface area contributed by atoms with Crippen molar-refractivity contribution in [1.29, 1.82) is 0 Å². The third-order valence-corrected chi connectivity index (χ3v) is 3.36. The molecule has 0 aromatic heterocycles. The lowest BCUT2D eigenvalue weighted by molar-refractivity contribution is -0.158. The van der Waals surface area contributed by atoms with Crippen LogP contribution in [0, 0.1) is 5.41 Å². The van der Waals surface area contributed by atoms with Gasteiger partial charge in [-0.05, 0) is 26.2 Å². The van der Waals surface area contributed by atoms with Gasteiger partial charge in [0.25, 0.3) is 0 Å². The fourth-order valence-corrected chi connectivity index (χ4v) is 2.59. The van der Waals surface area contributed by atoms with Crippen molar-refractivity contribution in [3.8, 4) is 0 Å². The second kappa shape index (κ2) is 3.51. The standard InChI is InChI=1S/C10H17NO3/c1-2-13-9(12)10(6-11)5-7-3-4-8(10)14-7/h7-8H,2-6,11H2,1H3/t7-,8+,10-/m0/s1. The summed E-state index contributed by atoms with van der Waals surface area (Å²) < 4.78 is 10.7. The van der Waals surface area contributed by atoms with Gasteiger partial charge in [-0.2, -0.15) is 0 Å². The molecule has 2 heterocycles. The molecule has 3 atom stereocenters. The topological polar surface area (TPSA) is 61.5 Å². The van der Waals surface area contributed by atoms with E-state index in [9.17, 15) is 4.79 Å². The van der Waals surface area contributed by atoms with Crippen LogP contribution in [-0.4, -0.2) is 31.3 Å². The van der Waals surface area contributed by atoms with E-state index in [0.29, 0.717) is 13.2 Å². The van der Waals surface area contributed by atoms with E-state index >= 15 is 0 Å². The SMILES string of the molecule is CCOC(=O)[C@]1(CN)C[C@@H]2CC[C@H]1O2. The highest BCUT2D eigenvalue weighted by Gasteiger charge is 2.57. The number of rotatable bonds is 3. The molecule has 0 spiro atoms. The van der Waals surface area contributed by atoms with Gasteiger partial charge in [-0.15, -0.1) is 0 Å². The molecule has 0 radical (unpaired) electrons. The van der Waals surface area contributed by atoms with Crippen molar-refractivity contribution in [3.63, 3.8) is 0 Å². The summed E-state index contributed by atoms with van der Waals surface area (Å²) in [7, 11) is 0. The highest BCUT2D eigenvalue weighted by atomic mass is 16.5. The van der Waals surface area contributed by atoms with E-state index in [-0.39, 0.29) is 18.2 Å². The van der Waals surface area contributed by atoms with Crippen molar-refractivity contribution >= 4 is 5.97 Å². The molecule has 80 valence electrons. The molecule has 0 amide bonds. The third-order valence-electron chi connectivity index (χ3n) is 3.36. The maximum absolute atomic E-state index is 11.8. The van der Waals surface area contributed by atoms with Crippen molar-refractivity contribution in [2.75, 3.05) is 13.2 Å². The van der Waals surface area contributed by atoms with Gasteiger partial charge in [-0.25, -0.2) is 0 Å². The van der Waals surface area contributed by atoms with Gasteiger partial charge >= 0.3 is 5.97 Å². The maximum atomic E-state index is 11.8. The number of esters is 1. The van der Waals surface area contributed by atoms with Crippen LogP contribution >= 0.6 is 0 Å². The summed E-state index contributed by atoms with van der Waals surface area (Å²) in [5.74, 6) is -0.172. The van der Waals surface area contributed by atoms with E-state index in [1.807, 2.05) is 6.92 Å². The van der Waals surface area contributed by atoms with Crippen molar-refractivity contribution in [1.82, 2.24) is 0 Å². The summed E-state index contributed by atoms with van der Waals surface area (Å²) in [6, 6.07) is 0. The number of carbonyl (C=O) groups excluding carboxylic acids is 1. The molecular weight excluding hydrogens is 182 g/mol. The fraction of sp³-hybridized carbons (Fsp3) is 0.900. The average molecular weight is 199 g/mol. The molecule has 2 fully saturated rings. The monoisotopic (exact) mass is 199 g/mol. The Balaban J connectivity index is 2.14. The first-order chi connectivity index (χ1) is 6.73. The molecule has 2 aliphatic heterocycles. The predicted molar refractivity (Wildman–Crippen MR) is 50.6 cm³/mol. The van der Waals surface area contributed by atoms with E-state index in [1.54, 1.807) is 0 Å². The largest absolute Gasteiger partial charge is 0.465 e. The van der Waals surface area contributed by atoms with Crippen LogP contribution < -0.4 is 5.73 Å². The van der Waals surface area contributed by atoms with Crippen LogP contribution in [0.4, 0.5) is 0 Å². The lowest BCUT2D eigenvalue weighted by Gasteiger charge is -2.31. The Morgan fingerprint density at radius 3 is 2.86 bits per heavy atom. The first-order valence-corrected chi connectivity index (χ1v) is 5.25. The molecule has 2 N–H and O–H groups in total. The van der Waals surface area contributed by atoms with E-state index in [4.69, 9.17) is 15.2 Å². The van der Waals surface area contributed by atoms with Gasteiger partial charge in [0.1, 0.15) is 5.41 Å². The van der Waals surface area contributed by atoms with Crippen molar-refractivity contribution in [3.05, 3.63) is 0 Å². The van der Waals surface area contributed by atoms with Gasteiger partial charge in [-0.1, -0.05) is 0 Å². The van der Waals surface area contributed by atoms with Gasteiger partial charge in [0, 0.05) is 6.54 Å². The van der Waals surface area contributed by atoms with Crippen LogP contribution in [0.2, 0.25) is 0 Å². The summed E-state index contributed by atoms with van der Waals surface area (Å²) in [4.78, 5) is 11.8. The summed E-state index contributed by atoms with van der Waals surface area (Å²) in [6.45, 7) is 2.57. The molecule has 0 aromatic rings. The quantitative estimate of drug-likeness (QED) is 0.670. The summed E-state index contributed by atoms with van der Waals surface area (Å²) in [6.07, 6.45) is 2.98. The number of hydrogen-bond acceptors (Lipinski definition) is 4. The van der Waals surface area contributed by atoms with Crippen LogP contribution in [-0.2, 0) is 14.3 Å². The molecule has 2 saturated heterocycles. The molecule has 0 saturated carbocycles.